The number of H-pyrrole nitrogens is 1. The second-order valence-electron chi connectivity index (χ2n) is 6.43. The van der Waals surface area contributed by atoms with Crippen molar-refractivity contribution in [1.82, 2.24) is 15.2 Å². The average molecular weight is 325 g/mol. The lowest BCUT2D eigenvalue weighted by Gasteiger charge is -2.24. The van der Waals surface area contributed by atoms with Gasteiger partial charge in [-0.15, -0.1) is 0 Å². The summed E-state index contributed by atoms with van der Waals surface area (Å²) in [5.74, 6) is -0.240. The van der Waals surface area contributed by atoms with Crippen molar-refractivity contribution in [2.45, 2.75) is 32.7 Å². The quantitative estimate of drug-likeness (QED) is 0.908. The van der Waals surface area contributed by atoms with Crippen molar-refractivity contribution in [2.24, 2.45) is 0 Å². The van der Waals surface area contributed by atoms with Gasteiger partial charge in [-0.3, -0.25) is 9.59 Å². The largest absolute Gasteiger partial charge is 0.363 e. The van der Waals surface area contributed by atoms with Crippen molar-refractivity contribution in [1.29, 1.82) is 0 Å². The van der Waals surface area contributed by atoms with Gasteiger partial charge in [-0.05, 0) is 51.0 Å². The summed E-state index contributed by atoms with van der Waals surface area (Å²) in [5.41, 5.74) is 3.74. The lowest BCUT2D eigenvalue weighted by molar-refractivity contribution is -0.131. The fraction of sp³-hybridized carbons (Fsp3) is 0.368. The molecule has 1 atom stereocenters. The van der Waals surface area contributed by atoms with Crippen LogP contribution in [0, 0.1) is 13.8 Å². The van der Waals surface area contributed by atoms with Gasteiger partial charge in [0.25, 0.3) is 5.91 Å². The summed E-state index contributed by atoms with van der Waals surface area (Å²) in [7, 11) is 0. The van der Waals surface area contributed by atoms with Gasteiger partial charge < -0.3 is 15.2 Å². The van der Waals surface area contributed by atoms with Gasteiger partial charge >= 0.3 is 0 Å². The molecule has 5 heteroatoms. The van der Waals surface area contributed by atoms with Gasteiger partial charge in [0, 0.05) is 24.0 Å². The molecular formula is C19H23N3O2. The van der Waals surface area contributed by atoms with Gasteiger partial charge in [0.15, 0.2) is 0 Å². The maximum atomic E-state index is 12.5. The number of aryl methyl sites for hydroxylation is 2. The van der Waals surface area contributed by atoms with Crippen LogP contribution in [0.5, 0.6) is 0 Å². The Bertz CT molecular complexity index is 717. The van der Waals surface area contributed by atoms with Crippen molar-refractivity contribution in [3.63, 3.8) is 0 Å². The van der Waals surface area contributed by atoms with E-state index in [1.54, 1.807) is 0 Å². The third-order valence-corrected chi connectivity index (χ3v) is 4.44. The molecule has 3 rings (SSSR count). The second-order valence-corrected chi connectivity index (χ2v) is 6.43. The first-order valence-electron chi connectivity index (χ1n) is 8.34. The zero-order valence-corrected chi connectivity index (χ0v) is 14.1. The number of rotatable bonds is 4. The molecule has 2 N–H and O–H groups in total. The van der Waals surface area contributed by atoms with Crippen LogP contribution in [-0.2, 0) is 4.79 Å². The Morgan fingerprint density at radius 2 is 2.00 bits per heavy atom. The number of nitrogens with one attached hydrogen (secondary N) is 2. The molecule has 1 unspecified atom stereocenters. The van der Waals surface area contributed by atoms with E-state index in [0.717, 1.165) is 36.2 Å². The van der Waals surface area contributed by atoms with Crippen molar-refractivity contribution in [2.75, 3.05) is 13.1 Å². The minimum absolute atomic E-state index is 0.0308. The van der Waals surface area contributed by atoms with Crippen LogP contribution >= 0.6 is 0 Å². The summed E-state index contributed by atoms with van der Waals surface area (Å²) >= 11 is 0. The second kappa shape index (κ2) is 6.91. The highest BCUT2D eigenvalue weighted by atomic mass is 16.2. The minimum atomic E-state index is -0.203. The first-order chi connectivity index (χ1) is 11.5. The molecule has 2 amide bonds. The van der Waals surface area contributed by atoms with Crippen LogP contribution in [0.4, 0.5) is 0 Å². The summed E-state index contributed by atoms with van der Waals surface area (Å²) in [6.45, 7) is 4.69. The molecule has 1 fully saturated rings. The van der Waals surface area contributed by atoms with Crippen molar-refractivity contribution in [3.05, 3.63) is 58.9 Å². The van der Waals surface area contributed by atoms with Crippen LogP contribution in [0.3, 0.4) is 0 Å². The van der Waals surface area contributed by atoms with Gasteiger partial charge in [0.1, 0.15) is 0 Å². The van der Waals surface area contributed by atoms with Crippen LogP contribution in [0.1, 0.15) is 46.1 Å². The summed E-state index contributed by atoms with van der Waals surface area (Å²) in [4.78, 5) is 29.8. The highest BCUT2D eigenvalue weighted by molar-refractivity contribution is 5.96. The molecule has 0 aliphatic carbocycles. The van der Waals surface area contributed by atoms with Crippen LogP contribution in [0.2, 0.25) is 0 Å². The van der Waals surface area contributed by atoms with E-state index in [4.69, 9.17) is 0 Å². The highest BCUT2D eigenvalue weighted by Gasteiger charge is 2.30. The normalized spacial score (nSPS) is 17.1. The third-order valence-electron chi connectivity index (χ3n) is 4.44. The standard InChI is InChI=1S/C19H23N3O2/c1-13-9-14(2)11-15(10-13)19(24)21-12-18(23)22-8-4-6-17(22)16-5-3-7-20-16/h3,5,7,9-11,17,20H,4,6,8,12H2,1-2H3,(H,21,24). The minimum Gasteiger partial charge on any atom is -0.363 e. The van der Waals surface area contributed by atoms with Gasteiger partial charge in [-0.2, -0.15) is 0 Å². The molecule has 5 nitrogen and oxygen atoms in total. The molecule has 0 bridgehead atoms. The number of amides is 2. The number of carbonyl (C=O) groups is 2. The molecule has 24 heavy (non-hydrogen) atoms. The Morgan fingerprint density at radius 1 is 1.25 bits per heavy atom. The zero-order valence-electron chi connectivity index (χ0n) is 14.1. The summed E-state index contributed by atoms with van der Waals surface area (Å²) in [6, 6.07) is 9.73. The van der Waals surface area contributed by atoms with E-state index >= 15 is 0 Å². The molecule has 1 aliphatic rings. The molecule has 1 saturated heterocycles. The maximum Gasteiger partial charge on any atom is 0.251 e. The number of carbonyl (C=O) groups excluding carboxylic acids is 2. The van der Waals surface area contributed by atoms with Gasteiger partial charge in [-0.25, -0.2) is 0 Å². The molecule has 2 aromatic rings. The van der Waals surface area contributed by atoms with E-state index in [1.165, 1.54) is 0 Å². The summed E-state index contributed by atoms with van der Waals surface area (Å²) in [6.07, 6.45) is 3.82. The molecule has 1 aliphatic heterocycles. The van der Waals surface area contributed by atoms with Crippen LogP contribution in [0.25, 0.3) is 0 Å². The van der Waals surface area contributed by atoms with E-state index in [-0.39, 0.29) is 24.4 Å². The number of likely N-dealkylation sites (tertiary alicyclic amines) is 1. The molecule has 0 spiro atoms. The van der Waals surface area contributed by atoms with E-state index in [9.17, 15) is 9.59 Å². The van der Waals surface area contributed by atoms with Gasteiger partial charge in [0.2, 0.25) is 5.91 Å². The first kappa shape index (κ1) is 16.3. The van der Waals surface area contributed by atoms with Crippen molar-refractivity contribution in [3.8, 4) is 0 Å². The number of benzene rings is 1. The van der Waals surface area contributed by atoms with Gasteiger partial charge in [-0.1, -0.05) is 17.2 Å². The molecule has 1 aromatic carbocycles. The topological polar surface area (TPSA) is 65.2 Å². The molecular weight excluding hydrogens is 302 g/mol. The molecule has 2 heterocycles. The average Bonchev–Trinajstić information content (AvgIpc) is 3.21. The Balaban J connectivity index is 1.61. The predicted molar refractivity (Wildman–Crippen MR) is 92.7 cm³/mol. The van der Waals surface area contributed by atoms with Crippen LogP contribution in [0.15, 0.2) is 36.5 Å². The zero-order chi connectivity index (χ0) is 17.1. The Kier molecular flexibility index (Phi) is 4.69. The maximum absolute atomic E-state index is 12.5. The Labute approximate surface area is 142 Å². The third kappa shape index (κ3) is 3.50. The van der Waals surface area contributed by atoms with Crippen LogP contribution < -0.4 is 5.32 Å². The highest BCUT2D eigenvalue weighted by Crippen LogP contribution is 2.30. The van der Waals surface area contributed by atoms with E-state index in [2.05, 4.69) is 10.3 Å². The fourth-order valence-corrected chi connectivity index (χ4v) is 3.41. The van der Waals surface area contributed by atoms with Crippen LogP contribution in [-0.4, -0.2) is 34.8 Å². The lowest BCUT2D eigenvalue weighted by Crippen LogP contribution is -2.40. The Hall–Kier alpha value is -2.56. The lowest BCUT2D eigenvalue weighted by atomic mass is 10.1. The first-order valence-corrected chi connectivity index (χ1v) is 8.34. The SMILES string of the molecule is Cc1cc(C)cc(C(=O)NCC(=O)N2CCCC2c2ccc[nH]2)c1. The van der Waals surface area contributed by atoms with Gasteiger partial charge in [0.05, 0.1) is 12.6 Å². The molecule has 0 saturated carbocycles. The number of aromatic amines is 1. The molecule has 1 aromatic heterocycles. The summed E-state index contributed by atoms with van der Waals surface area (Å²) in [5, 5.41) is 2.76. The number of aromatic nitrogens is 1. The summed E-state index contributed by atoms with van der Waals surface area (Å²) < 4.78 is 0. The molecule has 126 valence electrons. The van der Waals surface area contributed by atoms with Crippen molar-refractivity contribution < 1.29 is 9.59 Å². The number of nitrogens with zero attached hydrogens (tertiary/aromatic N) is 1. The monoisotopic (exact) mass is 325 g/mol. The van der Waals surface area contributed by atoms with E-state index < -0.39 is 0 Å². The number of hydrogen-bond acceptors (Lipinski definition) is 2. The van der Waals surface area contributed by atoms with E-state index in [1.807, 2.05) is 55.3 Å². The Morgan fingerprint density at radius 3 is 2.67 bits per heavy atom. The smallest absolute Gasteiger partial charge is 0.251 e. The fourth-order valence-electron chi connectivity index (χ4n) is 3.41. The number of hydrogen-bond donors (Lipinski definition) is 2. The molecule has 0 radical (unpaired) electrons. The predicted octanol–water partition coefficient (Wildman–Crippen LogP) is 2.73. The van der Waals surface area contributed by atoms with Crippen molar-refractivity contribution >= 4 is 11.8 Å². The van der Waals surface area contributed by atoms with E-state index in [0.29, 0.717) is 5.56 Å².